The molecule has 0 amide bonds. The Morgan fingerprint density at radius 3 is 2.62 bits per heavy atom. The molecule has 0 saturated heterocycles. The number of benzene rings is 1. The van der Waals surface area contributed by atoms with Crippen LogP contribution < -0.4 is 4.74 Å². The van der Waals surface area contributed by atoms with Crippen LogP contribution >= 0.6 is 15.9 Å². The van der Waals surface area contributed by atoms with Gasteiger partial charge in [-0.05, 0) is 25.8 Å². The number of halogens is 4. The predicted octanol–water partition coefficient (Wildman–Crippen LogP) is 3.99. The largest absolute Gasteiger partial charge is 0.493 e. The number of alkyl halides is 4. The first-order chi connectivity index (χ1) is 11.1. The third kappa shape index (κ3) is 3.13. The van der Waals surface area contributed by atoms with E-state index < -0.39 is 17.3 Å². The summed E-state index contributed by atoms with van der Waals surface area (Å²) >= 11 is 3.19. The van der Waals surface area contributed by atoms with E-state index in [9.17, 15) is 18.3 Å². The molecule has 1 aliphatic rings. The van der Waals surface area contributed by atoms with Gasteiger partial charge in [-0.1, -0.05) is 15.9 Å². The highest BCUT2D eigenvalue weighted by atomic mass is 79.9. The standard InChI is InChI=1S/C16H18BrF3N2O2/c1-15(23)7-9(8-15)14-21-13-11(16(18,19)20)5-10(24-4-3-17)6-12(13)22(14)2/h5-6,9,23H,3-4,7-8H2,1-2H3. The molecular weight excluding hydrogens is 389 g/mol. The fourth-order valence-electron chi connectivity index (χ4n) is 3.28. The number of ether oxygens (including phenoxy) is 1. The first kappa shape index (κ1) is 17.5. The number of nitrogens with zero attached hydrogens (tertiary/aromatic N) is 2. The molecule has 1 heterocycles. The molecule has 1 N–H and O–H groups in total. The van der Waals surface area contributed by atoms with E-state index in [0.717, 1.165) is 6.07 Å². The van der Waals surface area contributed by atoms with Gasteiger partial charge in [-0.3, -0.25) is 0 Å². The van der Waals surface area contributed by atoms with Gasteiger partial charge in [0.05, 0.1) is 23.3 Å². The molecule has 1 aliphatic carbocycles. The lowest BCUT2D eigenvalue weighted by atomic mass is 9.72. The second-order valence-electron chi connectivity index (χ2n) is 6.50. The molecule has 1 saturated carbocycles. The number of rotatable bonds is 4. The fourth-order valence-corrected chi connectivity index (χ4v) is 3.45. The van der Waals surface area contributed by atoms with Gasteiger partial charge in [0.25, 0.3) is 0 Å². The number of fused-ring (bicyclic) bond motifs is 1. The lowest BCUT2D eigenvalue weighted by Crippen LogP contribution is -2.40. The highest BCUT2D eigenvalue weighted by Gasteiger charge is 2.42. The number of hydrogen-bond acceptors (Lipinski definition) is 3. The maximum atomic E-state index is 13.4. The number of imidazole rings is 1. The van der Waals surface area contributed by atoms with E-state index >= 15 is 0 Å². The maximum absolute atomic E-state index is 13.4. The molecule has 0 spiro atoms. The molecule has 1 aromatic heterocycles. The van der Waals surface area contributed by atoms with Crippen LogP contribution in [0.2, 0.25) is 0 Å². The van der Waals surface area contributed by atoms with Crippen molar-refractivity contribution in [1.29, 1.82) is 0 Å². The van der Waals surface area contributed by atoms with Gasteiger partial charge < -0.3 is 14.4 Å². The Balaban J connectivity index is 2.10. The van der Waals surface area contributed by atoms with Crippen LogP contribution in [0, 0.1) is 0 Å². The predicted molar refractivity (Wildman–Crippen MR) is 87.6 cm³/mol. The number of aromatic nitrogens is 2. The van der Waals surface area contributed by atoms with Crippen LogP contribution in [-0.4, -0.2) is 32.2 Å². The smallest absolute Gasteiger partial charge is 0.418 e. The first-order valence-electron chi connectivity index (χ1n) is 7.61. The highest BCUT2D eigenvalue weighted by molar-refractivity contribution is 9.09. The van der Waals surface area contributed by atoms with Crippen molar-refractivity contribution in [2.75, 3.05) is 11.9 Å². The summed E-state index contributed by atoms with van der Waals surface area (Å²) in [6.45, 7) is 2.00. The molecule has 3 rings (SSSR count). The molecule has 0 atom stereocenters. The van der Waals surface area contributed by atoms with Crippen molar-refractivity contribution in [3.8, 4) is 5.75 Å². The minimum atomic E-state index is -4.51. The van der Waals surface area contributed by atoms with E-state index in [-0.39, 0.29) is 23.8 Å². The van der Waals surface area contributed by atoms with Crippen molar-refractivity contribution in [3.63, 3.8) is 0 Å². The van der Waals surface area contributed by atoms with Gasteiger partial charge >= 0.3 is 6.18 Å². The van der Waals surface area contributed by atoms with E-state index in [0.29, 0.717) is 29.5 Å². The minimum Gasteiger partial charge on any atom is -0.493 e. The van der Waals surface area contributed by atoms with Crippen molar-refractivity contribution in [1.82, 2.24) is 9.55 Å². The zero-order valence-corrected chi connectivity index (χ0v) is 14.9. The van der Waals surface area contributed by atoms with Gasteiger partial charge in [-0.25, -0.2) is 4.98 Å². The minimum absolute atomic E-state index is 0.0367. The molecule has 0 aliphatic heterocycles. The third-order valence-corrected chi connectivity index (χ3v) is 4.71. The van der Waals surface area contributed by atoms with Crippen LogP contribution in [0.3, 0.4) is 0 Å². The Morgan fingerprint density at radius 2 is 2.08 bits per heavy atom. The summed E-state index contributed by atoms with van der Waals surface area (Å²) in [6, 6.07) is 2.58. The van der Waals surface area contributed by atoms with Gasteiger partial charge in [0.15, 0.2) is 0 Å². The topological polar surface area (TPSA) is 47.3 Å². The SMILES string of the molecule is Cn1c(C2CC(C)(O)C2)nc2c(C(F)(F)F)cc(OCCBr)cc21. The Labute approximate surface area is 145 Å². The fraction of sp³-hybridized carbons (Fsp3) is 0.562. The Bertz CT molecular complexity index is 763. The molecule has 4 nitrogen and oxygen atoms in total. The van der Waals surface area contributed by atoms with Crippen molar-refractivity contribution in [3.05, 3.63) is 23.5 Å². The highest BCUT2D eigenvalue weighted by Crippen LogP contribution is 2.45. The summed E-state index contributed by atoms with van der Waals surface area (Å²) in [6.07, 6.45) is -3.51. The molecule has 0 radical (unpaired) electrons. The monoisotopic (exact) mass is 406 g/mol. The van der Waals surface area contributed by atoms with Gasteiger partial charge in [0.1, 0.15) is 17.1 Å². The van der Waals surface area contributed by atoms with Crippen molar-refractivity contribution >= 4 is 27.0 Å². The summed E-state index contributed by atoms with van der Waals surface area (Å²) in [5.41, 5.74) is -1.24. The zero-order valence-electron chi connectivity index (χ0n) is 13.3. The van der Waals surface area contributed by atoms with Crippen molar-refractivity contribution < 1.29 is 23.0 Å². The third-order valence-electron chi connectivity index (χ3n) is 4.38. The van der Waals surface area contributed by atoms with E-state index in [1.165, 1.54) is 0 Å². The van der Waals surface area contributed by atoms with Gasteiger partial charge in [0.2, 0.25) is 0 Å². The number of hydrogen-bond donors (Lipinski definition) is 1. The summed E-state index contributed by atoms with van der Waals surface area (Å²) in [4.78, 5) is 4.25. The van der Waals surface area contributed by atoms with E-state index in [2.05, 4.69) is 20.9 Å². The maximum Gasteiger partial charge on any atom is 0.418 e. The molecule has 1 fully saturated rings. The molecule has 132 valence electrons. The quantitative estimate of drug-likeness (QED) is 0.780. The second-order valence-corrected chi connectivity index (χ2v) is 7.30. The average Bonchev–Trinajstić information content (AvgIpc) is 2.78. The van der Waals surface area contributed by atoms with Gasteiger partial charge in [-0.2, -0.15) is 13.2 Å². The first-order valence-corrected chi connectivity index (χ1v) is 8.73. The molecular formula is C16H18BrF3N2O2. The van der Waals surface area contributed by atoms with Crippen molar-refractivity contribution in [2.45, 2.75) is 37.5 Å². The van der Waals surface area contributed by atoms with Crippen LogP contribution in [0.25, 0.3) is 11.0 Å². The Kier molecular flexibility index (Phi) is 4.32. The average molecular weight is 407 g/mol. The van der Waals surface area contributed by atoms with Crippen LogP contribution in [0.4, 0.5) is 13.2 Å². The van der Waals surface area contributed by atoms with E-state index in [1.54, 1.807) is 24.6 Å². The molecule has 2 aromatic rings. The van der Waals surface area contributed by atoms with Gasteiger partial charge in [-0.15, -0.1) is 0 Å². The molecule has 24 heavy (non-hydrogen) atoms. The second kappa shape index (κ2) is 5.91. The zero-order chi connectivity index (χ0) is 17.7. The Morgan fingerprint density at radius 1 is 1.42 bits per heavy atom. The summed E-state index contributed by atoms with van der Waals surface area (Å²) in [5.74, 6) is 0.703. The van der Waals surface area contributed by atoms with Crippen LogP contribution in [-0.2, 0) is 13.2 Å². The lowest BCUT2D eigenvalue weighted by Gasteiger charge is -2.40. The molecule has 0 unspecified atom stereocenters. The van der Waals surface area contributed by atoms with Crippen LogP contribution in [0.1, 0.15) is 37.1 Å². The summed E-state index contributed by atoms with van der Waals surface area (Å²) in [7, 11) is 1.70. The summed E-state index contributed by atoms with van der Waals surface area (Å²) in [5, 5.41) is 10.4. The van der Waals surface area contributed by atoms with E-state index in [4.69, 9.17) is 4.74 Å². The van der Waals surface area contributed by atoms with Crippen LogP contribution in [0.5, 0.6) is 5.75 Å². The lowest BCUT2D eigenvalue weighted by molar-refractivity contribution is -0.136. The molecule has 0 bridgehead atoms. The molecule has 1 aromatic carbocycles. The number of aliphatic hydroxyl groups is 1. The Hall–Kier alpha value is -1.28. The number of aryl methyl sites for hydroxylation is 1. The summed E-state index contributed by atoms with van der Waals surface area (Å²) < 4.78 is 47.3. The van der Waals surface area contributed by atoms with Crippen LogP contribution in [0.15, 0.2) is 12.1 Å². The normalized spacial score (nSPS) is 24.2. The van der Waals surface area contributed by atoms with Crippen molar-refractivity contribution in [2.24, 2.45) is 7.05 Å². The van der Waals surface area contributed by atoms with E-state index in [1.807, 2.05) is 0 Å². The van der Waals surface area contributed by atoms with Gasteiger partial charge in [0, 0.05) is 24.4 Å². The molecule has 8 heteroatoms.